The molecule has 1 aromatic rings. The molecule has 2 rings (SSSR count). The molecular weight excluding hydrogens is 300 g/mol. The van der Waals surface area contributed by atoms with Gasteiger partial charge in [0.2, 0.25) is 11.8 Å². The van der Waals surface area contributed by atoms with E-state index in [1.807, 2.05) is 5.38 Å². The molecule has 1 aliphatic rings. The number of nitrogens with one attached hydrogen (secondary N) is 1. The van der Waals surface area contributed by atoms with E-state index >= 15 is 0 Å². The van der Waals surface area contributed by atoms with Gasteiger partial charge in [-0.3, -0.25) is 9.59 Å². The summed E-state index contributed by atoms with van der Waals surface area (Å²) in [6.45, 7) is 1.39. The molecule has 0 aliphatic carbocycles. The first-order valence-corrected chi connectivity index (χ1v) is 8.80. The number of nitrogens with two attached hydrogens (primary N) is 1. The summed E-state index contributed by atoms with van der Waals surface area (Å²) in [5.74, 6) is -0.0338. The maximum Gasteiger partial charge on any atom is 0.248 e. The molecule has 1 unspecified atom stereocenters. The van der Waals surface area contributed by atoms with Crippen LogP contribution in [0.2, 0.25) is 0 Å². The molecule has 1 fully saturated rings. The standard InChI is InChI=1S/C15H24N4O2S/c16-8-4-2-1-3-7-13(20)19-10-5-6-12(19)14(21)18-15-17-9-11-22-15/h9,11-12H,1-8,10,16H2,(H,17,18,21). The summed E-state index contributed by atoms with van der Waals surface area (Å²) in [4.78, 5) is 30.4. The number of nitrogens with zero attached hydrogens (tertiary/aromatic N) is 2. The molecule has 1 aliphatic heterocycles. The van der Waals surface area contributed by atoms with E-state index < -0.39 is 0 Å². The number of anilines is 1. The minimum absolute atomic E-state index is 0.0875. The van der Waals surface area contributed by atoms with Crippen molar-refractivity contribution < 1.29 is 9.59 Å². The second kappa shape index (κ2) is 8.85. The van der Waals surface area contributed by atoms with Gasteiger partial charge < -0.3 is 16.0 Å². The first-order valence-electron chi connectivity index (χ1n) is 7.92. The third kappa shape index (κ3) is 4.78. The van der Waals surface area contributed by atoms with Crippen LogP contribution in [-0.2, 0) is 9.59 Å². The van der Waals surface area contributed by atoms with Gasteiger partial charge in [-0.1, -0.05) is 12.8 Å². The average Bonchev–Trinajstić information content (AvgIpc) is 3.17. The molecule has 0 spiro atoms. The number of thiazole rings is 1. The number of rotatable bonds is 8. The van der Waals surface area contributed by atoms with Crippen LogP contribution < -0.4 is 11.1 Å². The van der Waals surface area contributed by atoms with Crippen molar-refractivity contribution in [1.82, 2.24) is 9.88 Å². The summed E-state index contributed by atoms with van der Waals surface area (Å²) in [6.07, 6.45) is 7.76. The van der Waals surface area contributed by atoms with E-state index in [9.17, 15) is 9.59 Å². The van der Waals surface area contributed by atoms with Crippen LogP contribution in [-0.4, -0.2) is 40.8 Å². The highest BCUT2D eigenvalue weighted by atomic mass is 32.1. The fraction of sp³-hybridized carbons (Fsp3) is 0.667. The zero-order valence-corrected chi connectivity index (χ0v) is 13.6. The highest BCUT2D eigenvalue weighted by Gasteiger charge is 2.33. The van der Waals surface area contributed by atoms with Crippen molar-refractivity contribution in [2.75, 3.05) is 18.4 Å². The minimum Gasteiger partial charge on any atom is -0.331 e. The fourth-order valence-corrected chi connectivity index (χ4v) is 3.26. The quantitative estimate of drug-likeness (QED) is 0.716. The van der Waals surface area contributed by atoms with Gasteiger partial charge in [-0.05, 0) is 32.2 Å². The van der Waals surface area contributed by atoms with Gasteiger partial charge in [-0.2, -0.15) is 0 Å². The SMILES string of the molecule is NCCCCCCC(=O)N1CCCC1C(=O)Nc1nccs1. The normalized spacial score (nSPS) is 17.7. The highest BCUT2D eigenvalue weighted by Crippen LogP contribution is 2.21. The summed E-state index contributed by atoms with van der Waals surface area (Å²) < 4.78 is 0. The van der Waals surface area contributed by atoms with E-state index in [0.717, 1.165) is 38.5 Å². The van der Waals surface area contributed by atoms with Crippen molar-refractivity contribution in [2.45, 2.75) is 51.0 Å². The molecule has 7 heteroatoms. The van der Waals surface area contributed by atoms with Crippen molar-refractivity contribution in [1.29, 1.82) is 0 Å². The maximum absolute atomic E-state index is 12.3. The molecule has 3 N–H and O–H groups in total. The number of hydrogen-bond donors (Lipinski definition) is 2. The fourth-order valence-electron chi connectivity index (χ4n) is 2.73. The van der Waals surface area contributed by atoms with E-state index in [0.29, 0.717) is 24.6 Å². The Kier molecular flexibility index (Phi) is 6.79. The Hall–Kier alpha value is -1.47. The van der Waals surface area contributed by atoms with Crippen LogP contribution in [0.3, 0.4) is 0 Å². The predicted octanol–water partition coefficient (Wildman–Crippen LogP) is 1.98. The second-order valence-electron chi connectivity index (χ2n) is 5.52. The Morgan fingerprint density at radius 2 is 2.18 bits per heavy atom. The molecule has 2 amide bonds. The number of likely N-dealkylation sites (tertiary alicyclic amines) is 1. The number of amides is 2. The van der Waals surface area contributed by atoms with E-state index in [4.69, 9.17) is 5.73 Å². The van der Waals surface area contributed by atoms with Crippen LogP contribution in [0.5, 0.6) is 0 Å². The summed E-state index contributed by atoms with van der Waals surface area (Å²) in [7, 11) is 0. The van der Waals surface area contributed by atoms with Gasteiger partial charge in [0.1, 0.15) is 6.04 Å². The van der Waals surface area contributed by atoms with Crippen molar-refractivity contribution in [2.24, 2.45) is 5.73 Å². The van der Waals surface area contributed by atoms with Crippen molar-refractivity contribution in [3.8, 4) is 0 Å². The van der Waals surface area contributed by atoms with Gasteiger partial charge in [0.05, 0.1) is 0 Å². The largest absolute Gasteiger partial charge is 0.331 e. The van der Waals surface area contributed by atoms with Crippen LogP contribution in [0.4, 0.5) is 5.13 Å². The molecule has 22 heavy (non-hydrogen) atoms. The third-order valence-electron chi connectivity index (χ3n) is 3.88. The summed E-state index contributed by atoms with van der Waals surface area (Å²) >= 11 is 1.38. The van der Waals surface area contributed by atoms with E-state index in [1.54, 1.807) is 11.1 Å². The second-order valence-corrected chi connectivity index (χ2v) is 6.42. The lowest BCUT2D eigenvalue weighted by Crippen LogP contribution is -2.43. The minimum atomic E-state index is -0.347. The molecule has 122 valence electrons. The number of unbranched alkanes of at least 4 members (excludes halogenated alkanes) is 3. The molecule has 1 aromatic heterocycles. The van der Waals surface area contributed by atoms with Crippen LogP contribution in [0.15, 0.2) is 11.6 Å². The van der Waals surface area contributed by atoms with Crippen LogP contribution >= 0.6 is 11.3 Å². The van der Waals surface area contributed by atoms with Gasteiger partial charge in [-0.15, -0.1) is 11.3 Å². The lowest BCUT2D eigenvalue weighted by molar-refractivity contribution is -0.136. The first-order chi connectivity index (χ1) is 10.7. The number of carbonyl (C=O) groups is 2. The zero-order chi connectivity index (χ0) is 15.8. The molecule has 0 radical (unpaired) electrons. The lowest BCUT2D eigenvalue weighted by Gasteiger charge is -2.23. The molecule has 0 saturated carbocycles. The van der Waals surface area contributed by atoms with Gasteiger partial charge >= 0.3 is 0 Å². The Morgan fingerprint density at radius 3 is 2.91 bits per heavy atom. The molecule has 1 saturated heterocycles. The first kappa shape index (κ1) is 16.9. The van der Waals surface area contributed by atoms with Crippen LogP contribution in [0.25, 0.3) is 0 Å². The molecular formula is C15H24N4O2S. The van der Waals surface area contributed by atoms with E-state index in [1.165, 1.54) is 11.3 Å². The Balaban J connectivity index is 1.79. The van der Waals surface area contributed by atoms with Crippen molar-refractivity contribution in [3.63, 3.8) is 0 Å². The Labute approximate surface area is 135 Å². The summed E-state index contributed by atoms with van der Waals surface area (Å²) in [5.41, 5.74) is 5.45. The molecule has 6 nitrogen and oxygen atoms in total. The van der Waals surface area contributed by atoms with E-state index in [-0.39, 0.29) is 17.9 Å². The predicted molar refractivity (Wildman–Crippen MR) is 87.6 cm³/mol. The Morgan fingerprint density at radius 1 is 1.36 bits per heavy atom. The van der Waals surface area contributed by atoms with Crippen molar-refractivity contribution in [3.05, 3.63) is 11.6 Å². The van der Waals surface area contributed by atoms with Gasteiger partial charge in [0.25, 0.3) is 0 Å². The maximum atomic E-state index is 12.3. The molecule has 0 bridgehead atoms. The van der Waals surface area contributed by atoms with Gasteiger partial charge in [0.15, 0.2) is 5.13 Å². The topological polar surface area (TPSA) is 88.3 Å². The summed E-state index contributed by atoms with van der Waals surface area (Å²) in [5, 5.41) is 5.20. The molecule has 1 atom stereocenters. The average molecular weight is 324 g/mol. The highest BCUT2D eigenvalue weighted by molar-refractivity contribution is 7.13. The third-order valence-corrected chi connectivity index (χ3v) is 4.57. The Bertz CT molecular complexity index is 478. The van der Waals surface area contributed by atoms with Gasteiger partial charge in [-0.25, -0.2) is 4.98 Å². The molecule has 0 aromatic carbocycles. The van der Waals surface area contributed by atoms with Gasteiger partial charge in [0, 0.05) is 24.5 Å². The monoisotopic (exact) mass is 324 g/mol. The van der Waals surface area contributed by atoms with E-state index in [2.05, 4.69) is 10.3 Å². The van der Waals surface area contributed by atoms with Crippen LogP contribution in [0.1, 0.15) is 44.9 Å². The smallest absolute Gasteiger partial charge is 0.248 e. The van der Waals surface area contributed by atoms with Crippen molar-refractivity contribution >= 4 is 28.3 Å². The number of carbonyl (C=O) groups excluding carboxylic acids is 2. The lowest BCUT2D eigenvalue weighted by atomic mass is 10.1. The van der Waals surface area contributed by atoms with Crippen LogP contribution in [0, 0.1) is 0 Å². The zero-order valence-electron chi connectivity index (χ0n) is 12.8. The number of hydrogen-bond acceptors (Lipinski definition) is 5. The summed E-state index contributed by atoms with van der Waals surface area (Å²) in [6, 6.07) is -0.347. The molecule has 2 heterocycles. The number of aromatic nitrogens is 1.